The molecule has 0 aliphatic carbocycles. The number of hydrogen-bond acceptors (Lipinski definition) is 4. The summed E-state index contributed by atoms with van der Waals surface area (Å²) >= 11 is 0. The molecule has 1 heterocycles. The van der Waals surface area contributed by atoms with Gasteiger partial charge in [-0.25, -0.2) is 4.98 Å². The fraction of sp³-hybridized carbons (Fsp3) is 0.500. The van der Waals surface area contributed by atoms with Crippen molar-refractivity contribution >= 4 is 5.95 Å². The first-order valence-electron chi connectivity index (χ1n) is 5.55. The van der Waals surface area contributed by atoms with Crippen LogP contribution in [0.2, 0.25) is 0 Å². The van der Waals surface area contributed by atoms with Crippen LogP contribution < -0.4 is 10.1 Å². The van der Waals surface area contributed by atoms with E-state index in [2.05, 4.69) is 21.2 Å². The van der Waals surface area contributed by atoms with Crippen LogP contribution in [0.3, 0.4) is 0 Å². The molecular formula is C12H14F3N3O. The molecule has 0 aliphatic heterocycles. The van der Waals surface area contributed by atoms with Gasteiger partial charge >= 0.3 is 6.18 Å². The summed E-state index contributed by atoms with van der Waals surface area (Å²) < 4.78 is 43.3. The minimum Gasteiger partial charge on any atom is -0.458 e. The average Bonchev–Trinajstić information content (AvgIpc) is 2.27. The Morgan fingerprint density at radius 2 is 2.00 bits per heavy atom. The van der Waals surface area contributed by atoms with E-state index in [1.54, 1.807) is 20.8 Å². The fourth-order valence-corrected chi connectivity index (χ4v) is 1.15. The Kier molecular flexibility index (Phi) is 4.24. The van der Waals surface area contributed by atoms with Crippen molar-refractivity contribution in [3.63, 3.8) is 0 Å². The van der Waals surface area contributed by atoms with Crippen molar-refractivity contribution in [1.29, 1.82) is 0 Å². The third-order valence-electron chi connectivity index (χ3n) is 2.04. The quantitative estimate of drug-likeness (QED) is 0.857. The lowest BCUT2D eigenvalue weighted by atomic mass is 10.1. The lowest BCUT2D eigenvalue weighted by Gasteiger charge is -2.20. The maximum absolute atomic E-state index is 12.7. The summed E-state index contributed by atoms with van der Waals surface area (Å²) in [5.41, 5.74) is -2.14. The van der Waals surface area contributed by atoms with Gasteiger partial charge in [-0.05, 0) is 20.8 Å². The van der Waals surface area contributed by atoms with Crippen LogP contribution in [0.1, 0.15) is 26.5 Å². The van der Waals surface area contributed by atoms with Crippen LogP contribution in [-0.2, 0) is 6.18 Å². The summed E-state index contributed by atoms with van der Waals surface area (Å²) in [5.74, 6) is 1.94. The number of halogens is 3. The van der Waals surface area contributed by atoms with Gasteiger partial charge in [0.1, 0.15) is 0 Å². The van der Waals surface area contributed by atoms with Gasteiger partial charge in [-0.15, -0.1) is 6.42 Å². The van der Waals surface area contributed by atoms with E-state index in [-0.39, 0.29) is 11.8 Å². The fourth-order valence-electron chi connectivity index (χ4n) is 1.15. The molecule has 1 aromatic heterocycles. The molecular weight excluding hydrogens is 259 g/mol. The third-order valence-corrected chi connectivity index (χ3v) is 2.04. The number of hydrogen-bond donors (Lipinski definition) is 1. The molecule has 4 nitrogen and oxygen atoms in total. The highest BCUT2D eigenvalue weighted by molar-refractivity contribution is 5.32. The zero-order valence-electron chi connectivity index (χ0n) is 10.8. The highest BCUT2D eigenvalue weighted by Gasteiger charge is 2.34. The van der Waals surface area contributed by atoms with E-state index in [1.807, 2.05) is 0 Å². The van der Waals surface area contributed by atoms with Crippen molar-refractivity contribution < 1.29 is 17.9 Å². The Bertz CT molecular complexity index is 492. The van der Waals surface area contributed by atoms with Gasteiger partial charge in [-0.2, -0.15) is 18.2 Å². The van der Waals surface area contributed by atoms with Gasteiger partial charge in [0.15, 0.2) is 11.3 Å². The zero-order chi connectivity index (χ0) is 14.7. The molecule has 0 fully saturated rings. The van der Waals surface area contributed by atoms with Crippen molar-refractivity contribution in [3.05, 3.63) is 11.8 Å². The second-order valence-corrected chi connectivity index (χ2v) is 4.20. The highest BCUT2D eigenvalue weighted by Crippen LogP contribution is 2.31. The Morgan fingerprint density at radius 1 is 1.37 bits per heavy atom. The topological polar surface area (TPSA) is 47.0 Å². The van der Waals surface area contributed by atoms with Crippen molar-refractivity contribution in [3.8, 4) is 18.2 Å². The van der Waals surface area contributed by atoms with E-state index in [1.165, 1.54) is 0 Å². The first kappa shape index (κ1) is 15.1. The molecule has 1 rings (SSSR count). The summed E-state index contributed by atoms with van der Waals surface area (Å²) in [4.78, 5) is 7.20. The lowest BCUT2D eigenvalue weighted by molar-refractivity contribution is -0.141. The Morgan fingerprint density at radius 3 is 2.47 bits per heavy atom. The minimum atomic E-state index is -4.58. The monoisotopic (exact) mass is 273 g/mol. The summed E-state index contributed by atoms with van der Waals surface area (Å²) in [6.45, 7) is 5.21. The van der Waals surface area contributed by atoms with Gasteiger partial charge in [-0.1, -0.05) is 5.92 Å². The van der Waals surface area contributed by atoms with Gasteiger partial charge in [0.2, 0.25) is 11.8 Å². The largest absolute Gasteiger partial charge is 0.458 e. The van der Waals surface area contributed by atoms with Crippen LogP contribution in [0.5, 0.6) is 5.88 Å². The number of aromatic nitrogens is 2. The normalized spacial score (nSPS) is 11.8. The molecule has 0 aliphatic rings. The summed E-state index contributed by atoms with van der Waals surface area (Å²) in [6, 6.07) is 0.722. The highest BCUT2D eigenvalue weighted by atomic mass is 19.4. The molecule has 1 aromatic rings. The second kappa shape index (κ2) is 5.34. The summed E-state index contributed by atoms with van der Waals surface area (Å²) in [6.07, 6.45) is 0.641. The van der Waals surface area contributed by atoms with Crippen LogP contribution >= 0.6 is 0 Å². The van der Waals surface area contributed by atoms with Crippen LogP contribution in [0.25, 0.3) is 0 Å². The molecule has 19 heavy (non-hydrogen) atoms. The van der Waals surface area contributed by atoms with Crippen molar-refractivity contribution in [2.24, 2.45) is 0 Å². The Hall–Kier alpha value is -1.97. The Balaban J connectivity index is 3.18. The molecule has 0 amide bonds. The van der Waals surface area contributed by atoms with Gasteiger partial charge in [0.05, 0.1) is 0 Å². The molecule has 0 aromatic carbocycles. The molecule has 7 heteroatoms. The number of anilines is 1. The average molecular weight is 273 g/mol. The van der Waals surface area contributed by atoms with E-state index in [4.69, 9.17) is 11.2 Å². The van der Waals surface area contributed by atoms with E-state index in [0.29, 0.717) is 6.54 Å². The van der Waals surface area contributed by atoms with E-state index < -0.39 is 17.5 Å². The summed E-state index contributed by atoms with van der Waals surface area (Å²) in [7, 11) is 0. The lowest BCUT2D eigenvalue weighted by Crippen LogP contribution is -2.26. The predicted molar refractivity (Wildman–Crippen MR) is 64.7 cm³/mol. The van der Waals surface area contributed by atoms with Crippen LogP contribution in [0.15, 0.2) is 6.07 Å². The van der Waals surface area contributed by atoms with E-state index in [0.717, 1.165) is 6.07 Å². The van der Waals surface area contributed by atoms with Gasteiger partial charge < -0.3 is 10.1 Å². The molecule has 104 valence electrons. The number of alkyl halides is 3. The summed E-state index contributed by atoms with van der Waals surface area (Å²) in [5, 5.41) is 2.61. The van der Waals surface area contributed by atoms with Crippen molar-refractivity contribution in [2.75, 3.05) is 11.9 Å². The molecule has 0 saturated heterocycles. The molecule has 0 spiro atoms. The molecule has 0 atom stereocenters. The number of nitrogens with one attached hydrogen (secondary N) is 1. The third kappa shape index (κ3) is 4.32. The van der Waals surface area contributed by atoms with E-state index >= 15 is 0 Å². The smallest absolute Gasteiger partial charge is 0.433 e. The molecule has 0 radical (unpaired) electrons. The molecule has 1 N–H and O–H groups in total. The zero-order valence-corrected chi connectivity index (χ0v) is 10.8. The van der Waals surface area contributed by atoms with Gasteiger partial charge in [0.25, 0.3) is 0 Å². The standard InChI is InChI=1S/C12H14F3N3O/c1-5-11(3,4)19-9-7-8(12(13,14)15)17-10(18-9)16-6-2/h1,7H,6H2,2-4H3,(H,16,17,18). The van der Waals surface area contributed by atoms with E-state index in [9.17, 15) is 13.2 Å². The Labute approximate surface area is 109 Å². The van der Waals surface area contributed by atoms with Gasteiger partial charge in [0, 0.05) is 12.6 Å². The molecule has 0 unspecified atom stereocenters. The SMILES string of the molecule is C#CC(C)(C)Oc1cc(C(F)(F)F)nc(NCC)n1. The van der Waals surface area contributed by atoms with Crippen LogP contribution in [0.4, 0.5) is 19.1 Å². The number of rotatable bonds is 4. The van der Waals surface area contributed by atoms with Crippen molar-refractivity contribution in [1.82, 2.24) is 9.97 Å². The second-order valence-electron chi connectivity index (χ2n) is 4.20. The minimum absolute atomic E-state index is 0.153. The predicted octanol–water partition coefficient (Wildman–Crippen LogP) is 2.72. The number of terminal acetylenes is 1. The maximum atomic E-state index is 12.7. The first-order valence-corrected chi connectivity index (χ1v) is 5.55. The first-order chi connectivity index (χ1) is 8.68. The molecule has 0 saturated carbocycles. The number of ether oxygens (including phenoxy) is 1. The van der Waals surface area contributed by atoms with Crippen LogP contribution in [0, 0.1) is 12.3 Å². The molecule has 0 bridgehead atoms. The number of nitrogens with zero attached hydrogens (tertiary/aromatic N) is 2. The van der Waals surface area contributed by atoms with Crippen molar-refractivity contribution in [2.45, 2.75) is 32.5 Å². The van der Waals surface area contributed by atoms with Crippen LogP contribution in [-0.4, -0.2) is 22.1 Å². The maximum Gasteiger partial charge on any atom is 0.433 e. The van der Waals surface area contributed by atoms with Gasteiger partial charge in [-0.3, -0.25) is 0 Å².